The Kier molecular flexibility index (Phi) is 4.56. The summed E-state index contributed by atoms with van der Waals surface area (Å²) in [5.41, 5.74) is 1.38. The molecule has 8 nitrogen and oxygen atoms in total. The van der Waals surface area contributed by atoms with Gasteiger partial charge in [-0.3, -0.25) is 9.59 Å². The van der Waals surface area contributed by atoms with Gasteiger partial charge >= 0.3 is 0 Å². The van der Waals surface area contributed by atoms with Crippen LogP contribution in [0.1, 0.15) is 35.9 Å². The topological polar surface area (TPSA) is 92.6 Å². The second-order valence-corrected chi connectivity index (χ2v) is 9.34. The number of aromatic nitrogens is 2. The highest BCUT2D eigenvalue weighted by Crippen LogP contribution is 2.41. The summed E-state index contributed by atoms with van der Waals surface area (Å²) in [4.78, 5) is 25.7. The minimum absolute atomic E-state index is 0.110. The normalized spacial score (nSPS) is 22.0. The first-order valence-electron chi connectivity index (χ1n) is 8.82. The van der Waals surface area contributed by atoms with Gasteiger partial charge in [-0.25, -0.2) is 13.1 Å². The summed E-state index contributed by atoms with van der Waals surface area (Å²) in [6.07, 6.45) is 1.84. The van der Waals surface area contributed by atoms with Gasteiger partial charge < -0.3 is 4.90 Å². The van der Waals surface area contributed by atoms with Crippen molar-refractivity contribution in [2.75, 3.05) is 13.1 Å². The highest BCUT2D eigenvalue weighted by molar-refractivity contribution is 7.89. The maximum Gasteiger partial charge on any atom is 0.244 e. The lowest BCUT2D eigenvalue weighted by Gasteiger charge is -2.48. The Morgan fingerprint density at radius 1 is 1.11 bits per heavy atom. The summed E-state index contributed by atoms with van der Waals surface area (Å²) in [6.45, 7) is 3.37. The Morgan fingerprint density at radius 3 is 2.39 bits per heavy atom. The number of sulfonamides is 1. The van der Waals surface area contributed by atoms with Gasteiger partial charge in [-0.2, -0.15) is 9.40 Å². The van der Waals surface area contributed by atoms with Crippen LogP contribution in [0.5, 0.6) is 0 Å². The molecule has 2 atom stereocenters. The van der Waals surface area contributed by atoms with Crippen molar-refractivity contribution in [1.82, 2.24) is 19.0 Å². The molecule has 0 radical (unpaired) electrons. The third-order valence-corrected chi connectivity index (χ3v) is 7.54. The standard InChI is InChI=1S/C18H19ClN4O4S/c1-11(24)21-9-14-7-17-16(8-20-22(17)12(2)25)18(10-21)23(14)28(26,27)15-5-3-13(19)4-6-15/h3-6,8,14,18H,7,9-10H2,1-2H3. The van der Waals surface area contributed by atoms with E-state index in [0.717, 1.165) is 0 Å². The van der Waals surface area contributed by atoms with Gasteiger partial charge in [0.15, 0.2) is 0 Å². The third kappa shape index (κ3) is 2.94. The Labute approximate surface area is 167 Å². The van der Waals surface area contributed by atoms with E-state index in [1.54, 1.807) is 4.90 Å². The van der Waals surface area contributed by atoms with Gasteiger partial charge in [0.05, 0.1) is 22.8 Å². The van der Waals surface area contributed by atoms with E-state index in [-0.39, 0.29) is 29.8 Å². The molecule has 0 N–H and O–H groups in total. The quantitative estimate of drug-likeness (QED) is 0.734. The van der Waals surface area contributed by atoms with Crippen LogP contribution in [-0.2, 0) is 21.2 Å². The van der Waals surface area contributed by atoms with E-state index in [4.69, 9.17) is 11.6 Å². The summed E-state index contributed by atoms with van der Waals surface area (Å²) in [7, 11) is -3.83. The Balaban J connectivity index is 1.83. The largest absolute Gasteiger partial charge is 0.339 e. The maximum atomic E-state index is 13.4. The Hall–Kier alpha value is -2.23. The molecule has 2 bridgehead atoms. The van der Waals surface area contributed by atoms with Crippen LogP contribution < -0.4 is 0 Å². The van der Waals surface area contributed by atoms with Gasteiger partial charge in [-0.1, -0.05) is 11.6 Å². The van der Waals surface area contributed by atoms with Crippen molar-refractivity contribution < 1.29 is 18.0 Å². The fourth-order valence-corrected chi connectivity index (χ4v) is 5.95. The molecule has 0 aliphatic carbocycles. The predicted octanol–water partition coefficient (Wildman–Crippen LogP) is 1.72. The van der Waals surface area contributed by atoms with Crippen LogP contribution in [0.25, 0.3) is 0 Å². The van der Waals surface area contributed by atoms with Crippen LogP contribution in [0.15, 0.2) is 35.4 Å². The van der Waals surface area contributed by atoms with Crippen molar-refractivity contribution in [3.63, 3.8) is 0 Å². The van der Waals surface area contributed by atoms with E-state index < -0.39 is 22.1 Å². The molecule has 10 heteroatoms. The molecule has 148 valence electrons. The first-order chi connectivity index (χ1) is 13.2. The van der Waals surface area contributed by atoms with Crippen LogP contribution >= 0.6 is 11.6 Å². The summed E-state index contributed by atoms with van der Waals surface area (Å²) in [5, 5.41) is 4.60. The molecule has 1 saturated heterocycles. The highest BCUT2D eigenvalue weighted by Gasteiger charge is 2.48. The van der Waals surface area contributed by atoms with Crippen molar-refractivity contribution >= 4 is 33.4 Å². The van der Waals surface area contributed by atoms with Crippen LogP contribution in [0.3, 0.4) is 0 Å². The van der Waals surface area contributed by atoms with E-state index >= 15 is 0 Å². The van der Waals surface area contributed by atoms with E-state index in [2.05, 4.69) is 5.10 Å². The fraction of sp³-hybridized carbons (Fsp3) is 0.389. The number of fused-ring (bicyclic) bond motifs is 4. The van der Waals surface area contributed by atoms with Crippen LogP contribution in [0.4, 0.5) is 0 Å². The number of carbonyl (C=O) groups is 2. The number of halogens is 1. The molecule has 2 unspecified atom stereocenters. The lowest BCUT2D eigenvalue weighted by Crippen LogP contribution is -2.60. The van der Waals surface area contributed by atoms with E-state index in [9.17, 15) is 18.0 Å². The summed E-state index contributed by atoms with van der Waals surface area (Å²) < 4.78 is 29.6. The molecule has 4 rings (SSSR count). The molecule has 0 saturated carbocycles. The highest BCUT2D eigenvalue weighted by atomic mass is 35.5. The molecule has 2 aliphatic rings. The van der Waals surface area contributed by atoms with E-state index in [1.165, 1.54) is 53.3 Å². The zero-order chi connectivity index (χ0) is 20.2. The number of rotatable bonds is 2. The molecule has 2 aromatic rings. The molecule has 1 aromatic carbocycles. The lowest BCUT2D eigenvalue weighted by atomic mass is 9.92. The van der Waals surface area contributed by atoms with E-state index in [1.807, 2.05) is 0 Å². The van der Waals surface area contributed by atoms with E-state index in [0.29, 0.717) is 22.7 Å². The number of piperazine rings is 1. The number of amides is 1. The smallest absolute Gasteiger partial charge is 0.244 e. The molecule has 3 heterocycles. The zero-order valence-electron chi connectivity index (χ0n) is 15.4. The SMILES string of the molecule is CC(=O)N1CC2Cc3c(cnn3C(C)=O)C(C1)N2S(=O)(=O)c1ccc(Cl)cc1. The van der Waals surface area contributed by atoms with Gasteiger partial charge in [0.25, 0.3) is 0 Å². The molecule has 1 aromatic heterocycles. The van der Waals surface area contributed by atoms with Crippen LogP contribution in [0.2, 0.25) is 5.02 Å². The predicted molar refractivity (Wildman–Crippen MR) is 101 cm³/mol. The number of hydrogen-bond donors (Lipinski definition) is 0. The summed E-state index contributed by atoms with van der Waals surface area (Å²) in [5.74, 6) is -0.335. The molecule has 28 heavy (non-hydrogen) atoms. The zero-order valence-corrected chi connectivity index (χ0v) is 16.9. The average molecular weight is 423 g/mol. The summed E-state index contributed by atoms with van der Waals surface area (Å²) in [6, 6.07) is 4.95. The molecule has 1 fully saturated rings. The maximum absolute atomic E-state index is 13.4. The van der Waals surface area contributed by atoms with Crippen molar-refractivity contribution in [2.45, 2.75) is 37.2 Å². The Bertz CT molecular complexity index is 1060. The second-order valence-electron chi connectivity index (χ2n) is 7.06. The average Bonchev–Trinajstić information content (AvgIpc) is 3.05. The first-order valence-corrected chi connectivity index (χ1v) is 10.6. The first kappa shape index (κ1) is 19.1. The molecule has 2 aliphatic heterocycles. The molecule has 0 spiro atoms. The van der Waals surface area contributed by atoms with Gasteiger partial charge in [-0.15, -0.1) is 0 Å². The fourth-order valence-electron chi connectivity index (χ4n) is 4.06. The van der Waals surface area contributed by atoms with Crippen molar-refractivity contribution in [3.8, 4) is 0 Å². The van der Waals surface area contributed by atoms with Crippen LogP contribution in [0, 0.1) is 0 Å². The number of benzene rings is 1. The summed E-state index contributed by atoms with van der Waals surface area (Å²) >= 11 is 5.90. The van der Waals surface area contributed by atoms with Crippen molar-refractivity contribution in [1.29, 1.82) is 0 Å². The monoisotopic (exact) mass is 422 g/mol. The molecular formula is C18H19ClN4O4S. The van der Waals surface area contributed by atoms with Gasteiger partial charge in [0.2, 0.25) is 21.8 Å². The minimum atomic E-state index is -3.83. The number of hydrogen-bond acceptors (Lipinski definition) is 5. The van der Waals surface area contributed by atoms with Crippen LogP contribution in [-0.4, -0.2) is 58.3 Å². The van der Waals surface area contributed by atoms with Gasteiger partial charge in [0.1, 0.15) is 0 Å². The van der Waals surface area contributed by atoms with Gasteiger partial charge in [0, 0.05) is 50.0 Å². The second kappa shape index (κ2) is 6.68. The lowest BCUT2D eigenvalue weighted by molar-refractivity contribution is -0.132. The Morgan fingerprint density at radius 2 is 1.79 bits per heavy atom. The van der Waals surface area contributed by atoms with Gasteiger partial charge in [-0.05, 0) is 24.3 Å². The number of nitrogens with zero attached hydrogens (tertiary/aromatic N) is 4. The van der Waals surface area contributed by atoms with Crippen molar-refractivity contribution in [3.05, 3.63) is 46.7 Å². The number of carbonyl (C=O) groups excluding carboxylic acids is 2. The van der Waals surface area contributed by atoms with Crippen molar-refractivity contribution in [2.24, 2.45) is 0 Å². The molecular weight excluding hydrogens is 404 g/mol. The minimum Gasteiger partial charge on any atom is -0.339 e. The third-order valence-electron chi connectivity index (χ3n) is 5.31. The molecule has 1 amide bonds.